The standard InChI is InChI=1S/C21H40N6O5/c1-4-23-12-14-27(5-2)16-20(31)26-17(21(32)22-3)8-6-7-11-24-18(29)9-10-19(30)25-13-15-28/h15,17,23H,4-14,16H2,1-3H3,(H,22,32)(H,24,29)(H,25,30)(H,26,31). The molecule has 0 aromatic rings. The van der Waals surface area contributed by atoms with Gasteiger partial charge in [0.1, 0.15) is 12.3 Å². The van der Waals surface area contributed by atoms with Gasteiger partial charge in [-0.15, -0.1) is 0 Å². The maximum Gasteiger partial charge on any atom is 0.242 e. The Morgan fingerprint density at radius 1 is 0.938 bits per heavy atom. The highest BCUT2D eigenvalue weighted by molar-refractivity contribution is 5.88. The van der Waals surface area contributed by atoms with Crippen molar-refractivity contribution in [1.29, 1.82) is 0 Å². The van der Waals surface area contributed by atoms with Gasteiger partial charge in [-0.25, -0.2) is 0 Å². The number of hydrogen-bond acceptors (Lipinski definition) is 7. The van der Waals surface area contributed by atoms with Crippen LogP contribution in [0.25, 0.3) is 0 Å². The van der Waals surface area contributed by atoms with Gasteiger partial charge in [-0.3, -0.25) is 24.1 Å². The first kappa shape index (κ1) is 29.5. The molecule has 0 rings (SSSR count). The number of aldehydes is 1. The van der Waals surface area contributed by atoms with Crippen molar-refractivity contribution in [3.8, 4) is 0 Å². The summed E-state index contributed by atoms with van der Waals surface area (Å²) in [5, 5.41) is 13.7. The van der Waals surface area contributed by atoms with E-state index < -0.39 is 6.04 Å². The first-order valence-electron chi connectivity index (χ1n) is 11.3. The quantitative estimate of drug-likeness (QED) is 0.118. The van der Waals surface area contributed by atoms with Crippen LogP contribution in [0.3, 0.4) is 0 Å². The molecule has 5 N–H and O–H groups in total. The molecule has 4 amide bonds. The number of rotatable bonds is 19. The normalized spacial score (nSPS) is 11.5. The van der Waals surface area contributed by atoms with Gasteiger partial charge < -0.3 is 31.4 Å². The summed E-state index contributed by atoms with van der Waals surface area (Å²) in [5.74, 6) is -1.04. The molecule has 1 unspecified atom stereocenters. The van der Waals surface area contributed by atoms with Crippen molar-refractivity contribution in [2.75, 3.05) is 52.9 Å². The van der Waals surface area contributed by atoms with E-state index in [1.165, 1.54) is 7.05 Å². The number of nitrogens with zero attached hydrogens (tertiary/aromatic N) is 1. The number of likely N-dealkylation sites (N-methyl/N-ethyl adjacent to an activating group) is 3. The van der Waals surface area contributed by atoms with Gasteiger partial charge in [0.15, 0.2) is 0 Å². The van der Waals surface area contributed by atoms with Gasteiger partial charge in [0.25, 0.3) is 0 Å². The van der Waals surface area contributed by atoms with E-state index in [0.29, 0.717) is 32.1 Å². The molecule has 0 aliphatic carbocycles. The second-order valence-electron chi connectivity index (χ2n) is 7.27. The molecular weight excluding hydrogens is 416 g/mol. The lowest BCUT2D eigenvalue weighted by Gasteiger charge is -2.22. The Bertz CT molecular complexity index is 587. The molecule has 0 aliphatic heterocycles. The van der Waals surface area contributed by atoms with Crippen LogP contribution in [0.15, 0.2) is 0 Å². The second kappa shape index (κ2) is 19.2. The zero-order valence-electron chi connectivity index (χ0n) is 19.6. The summed E-state index contributed by atoms with van der Waals surface area (Å²) in [6, 6.07) is -0.628. The third-order valence-electron chi connectivity index (χ3n) is 4.77. The van der Waals surface area contributed by atoms with E-state index in [2.05, 4.69) is 26.6 Å². The summed E-state index contributed by atoms with van der Waals surface area (Å²) < 4.78 is 0. The molecule has 0 aromatic carbocycles. The zero-order valence-corrected chi connectivity index (χ0v) is 19.6. The van der Waals surface area contributed by atoms with Crippen LogP contribution in [-0.4, -0.2) is 93.7 Å². The SMILES string of the molecule is CCNCCN(CC)CC(=O)NC(CCCCNC(=O)CCC(=O)NCC=O)C(=O)NC. The molecule has 11 nitrogen and oxygen atoms in total. The highest BCUT2D eigenvalue weighted by atomic mass is 16.2. The topological polar surface area (TPSA) is 149 Å². The van der Waals surface area contributed by atoms with Crippen molar-refractivity contribution in [3.63, 3.8) is 0 Å². The summed E-state index contributed by atoms with van der Waals surface area (Å²) in [4.78, 5) is 59.8. The largest absolute Gasteiger partial charge is 0.357 e. The van der Waals surface area contributed by atoms with Gasteiger partial charge in [0.2, 0.25) is 23.6 Å². The van der Waals surface area contributed by atoms with Crippen LogP contribution in [0.2, 0.25) is 0 Å². The Morgan fingerprint density at radius 3 is 2.22 bits per heavy atom. The Balaban J connectivity index is 4.24. The van der Waals surface area contributed by atoms with Crippen molar-refractivity contribution in [2.45, 2.75) is 52.0 Å². The first-order chi connectivity index (χ1) is 15.4. The van der Waals surface area contributed by atoms with E-state index in [-0.39, 0.29) is 49.6 Å². The van der Waals surface area contributed by atoms with Gasteiger partial charge in [0, 0.05) is 39.5 Å². The van der Waals surface area contributed by atoms with Crippen LogP contribution >= 0.6 is 0 Å². The van der Waals surface area contributed by atoms with E-state index in [1.54, 1.807) is 0 Å². The fraction of sp³-hybridized carbons (Fsp3) is 0.762. The number of amides is 4. The molecule has 0 saturated heterocycles. The highest BCUT2D eigenvalue weighted by Crippen LogP contribution is 2.02. The number of hydrogen-bond donors (Lipinski definition) is 5. The molecule has 0 heterocycles. The molecular formula is C21H40N6O5. The van der Waals surface area contributed by atoms with E-state index in [0.717, 1.165) is 26.2 Å². The van der Waals surface area contributed by atoms with Crippen molar-refractivity contribution in [3.05, 3.63) is 0 Å². The number of unbranched alkanes of at least 4 members (excludes halogenated alkanes) is 1. The summed E-state index contributed by atoms with van der Waals surface area (Å²) >= 11 is 0. The molecule has 32 heavy (non-hydrogen) atoms. The van der Waals surface area contributed by atoms with Crippen LogP contribution in [0.5, 0.6) is 0 Å². The molecule has 0 bridgehead atoms. The lowest BCUT2D eigenvalue weighted by atomic mass is 10.1. The van der Waals surface area contributed by atoms with Crippen LogP contribution in [0.4, 0.5) is 0 Å². The fourth-order valence-electron chi connectivity index (χ4n) is 2.91. The number of nitrogens with one attached hydrogen (secondary N) is 5. The third-order valence-corrected chi connectivity index (χ3v) is 4.77. The Hall–Kier alpha value is -2.53. The molecule has 0 aliphatic rings. The van der Waals surface area contributed by atoms with E-state index in [4.69, 9.17) is 0 Å². The fourth-order valence-corrected chi connectivity index (χ4v) is 2.91. The molecule has 1 atom stereocenters. The van der Waals surface area contributed by atoms with Gasteiger partial charge in [-0.2, -0.15) is 0 Å². The zero-order chi connectivity index (χ0) is 24.2. The van der Waals surface area contributed by atoms with Crippen molar-refractivity contribution in [2.24, 2.45) is 0 Å². The minimum atomic E-state index is -0.628. The predicted molar refractivity (Wildman–Crippen MR) is 122 cm³/mol. The monoisotopic (exact) mass is 456 g/mol. The van der Waals surface area contributed by atoms with Crippen molar-refractivity contribution in [1.82, 2.24) is 31.5 Å². The molecule has 0 fully saturated rings. The number of carbonyl (C=O) groups excluding carboxylic acids is 5. The lowest BCUT2D eigenvalue weighted by Crippen LogP contribution is -2.49. The van der Waals surface area contributed by atoms with Crippen LogP contribution in [0.1, 0.15) is 46.0 Å². The van der Waals surface area contributed by atoms with E-state index in [1.807, 2.05) is 18.7 Å². The Kier molecular flexibility index (Phi) is 17.7. The summed E-state index contributed by atoms with van der Waals surface area (Å²) in [6.07, 6.45) is 2.37. The average Bonchev–Trinajstić information content (AvgIpc) is 2.79. The summed E-state index contributed by atoms with van der Waals surface area (Å²) in [6.45, 7) is 7.76. The first-order valence-corrected chi connectivity index (χ1v) is 11.3. The smallest absolute Gasteiger partial charge is 0.242 e. The molecule has 0 aromatic heterocycles. The van der Waals surface area contributed by atoms with E-state index in [9.17, 15) is 24.0 Å². The predicted octanol–water partition coefficient (Wildman–Crippen LogP) is -1.47. The van der Waals surface area contributed by atoms with Crippen LogP contribution in [-0.2, 0) is 24.0 Å². The third kappa shape index (κ3) is 15.3. The molecule has 0 spiro atoms. The highest BCUT2D eigenvalue weighted by Gasteiger charge is 2.20. The minimum absolute atomic E-state index is 0.0216. The van der Waals surface area contributed by atoms with Crippen molar-refractivity contribution >= 4 is 29.9 Å². The molecule has 0 saturated carbocycles. The Labute approximate surface area is 190 Å². The molecule has 11 heteroatoms. The maximum absolute atomic E-state index is 12.4. The minimum Gasteiger partial charge on any atom is -0.357 e. The summed E-state index contributed by atoms with van der Waals surface area (Å²) in [7, 11) is 1.53. The maximum atomic E-state index is 12.4. The lowest BCUT2D eigenvalue weighted by molar-refractivity contribution is -0.129. The molecule has 184 valence electrons. The van der Waals surface area contributed by atoms with Gasteiger partial charge in [-0.05, 0) is 32.4 Å². The van der Waals surface area contributed by atoms with Gasteiger partial charge in [-0.1, -0.05) is 13.8 Å². The van der Waals surface area contributed by atoms with Crippen LogP contribution in [0, 0.1) is 0 Å². The van der Waals surface area contributed by atoms with Gasteiger partial charge in [0.05, 0.1) is 13.1 Å². The summed E-state index contributed by atoms with van der Waals surface area (Å²) in [5.41, 5.74) is 0. The van der Waals surface area contributed by atoms with Gasteiger partial charge >= 0.3 is 0 Å². The number of carbonyl (C=O) groups is 5. The van der Waals surface area contributed by atoms with Crippen LogP contribution < -0.4 is 26.6 Å². The molecule has 0 radical (unpaired) electrons. The second-order valence-corrected chi connectivity index (χ2v) is 7.27. The Morgan fingerprint density at radius 2 is 1.62 bits per heavy atom. The average molecular weight is 457 g/mol. The van der Waals surface area contributed by atoms with Crippen molar-refractivity contribution < 1.29 is 24.0 Å². The van der Waals surface area contributed by atoms with E-state index >= 15 is 0 Å².